The van der Waals surface area contributed by atoms with E-state index in [1.807, 2.05) is 0 Å². The number of hydrogen-bond acceptors (Lipinski definition) is 4. The molecular weight excluding hydrogens is 274 g/mol. The van der Waals surface area contributed by atoms with Crippen LogP contribution in [0.5, 0.6) is 0 Å². The van der Waals surface area contributed by atoms with Crippen molar-refractivity contribution in [3.8, 4) is 0 Å². The molecule has 110 valence electrons. The number of hydrogen-bond donors (Lipinski definition) is 1. The molecule has 1 aliphatic carbocycles. The highest BCUT2D eigenvalue weighted by Gasteiger charge is 2.35. The topological polar surface area (TPSA) is 66.6 Å². The third-order valence-corrected chi connectivity index (χ3v) is 6.32. The summed E-state index contributed by atoms with van der Waals surface area (Å²) in [6.07, 6.45) is 2.53. The highest BCUT2D eigenvalue weighted by atomic mass is 32.2. The molecule has 20 heavy (non-hydrogen) atoms. The second-order valence-electron chi connectivity index (χ2n) is 5.64. The van der Waals surface area contributed by atoms with Crippen LogP contribution in [0.25, 0.3) is 0 Å². The highest BCUT2D eigenvalue weighted by molar-refractivity contribution is 7.89. The maximum absolute atomic E-state index is 12.7. The summed E-state index contributed by atoms with van der Waals surface area (Å²) in [7, 11) is -3.42. The number of rotatable bonds is 3. The zero-order chi connectivity index (χ0) is 14.3. The van der Waals surface area contributed by atoms with E-state index < -0.39 is 10.0 Å². The lowest BCUT2D eigenvalue weighted by Gasteiger charge is -2.34. The molecule has 2 aliphatic rings. The normalized spacial score (nSPS) is 22.1. The van der Waals surface area contributed by atoms with Crippen LogP contribution in [0.2, 0.25) is 0 Å². The van der Waals surface area contributed by atoms with Gasteiger partial charge in [0, 0.05) is 37.9 Å². The molecule has 2 fully saturated rings. The molecule has 6 heteroatoms. The van der Waals surface area contributed by atoms with Gasteiger partial charge in [-0.2, -0.15) is 4.31 Å². The fourth-order valence-corrected chi connectivity index (χ4v) is 4.48. The maximum atomic E-state index is 12.7. The van der Waals surface area contributed by atoms with Crippen molar-refractivity contribution in [3.63, 3.8) is 0 Å². The largest absolute Gasteiger partial charge is 0.398 e. The Bertz CT molecular complexity index is 603. The predicted octanol–water partition coefficient (Wildman–Crippen LogP) is 1.05. The minimum Gasteiger partial charge on any atom is -0.398 e. The first kappa shape index (κ1) is 13.9. The molecule has 0 aromatic heterocycles. The van der Waals surface area contributed by atoms with E-state index in [1.165, 1.54) is 12.8 Å². The van der Waals surface area contributed by atoms with Gasteiger partial charge >= 0.3 is 0 Å². The first-order valence-corrected chi connectivity index (χ1v) is 8.53. The van der Waals surface area contributed by atoms with Gasteiger partial charge in [0.25, 0.3) is 0 Å². The van der Waals surface area contributed by atoms with Crippen molar-refractivity contribution in [3.05, 3.63) is 23.8 Å². The molecule has 1 heterocycles. The molecule has 2 N–H and O–H groups in total. The van der Waals surface area contributed by atoms with E-state index in [1.54, 1.807) is 29.4 Å². The van der Waals surface area contributed by atoms with E-state index in [4.69, 9.17) is 5.73 Å². The number of anilines is 1. The van der Waals surface area contributed by atoms with Gasteiger partial charge in [0.15, 0.2) is 0 Å². The van der Waals surface area contributed by atoms with E-state index in [-0.39, 0.29) is 0 Å². The van der Waals surface area contributed by atoms with Gasteiger partial charge in [-0.05, 0) is 37.5 Å². The van der Waals surface area contributed by atoms with Crippen molar-refractivity contribution < 1.29 is 8.42 Å². The first-order chi connectivity index (χ1) is 9.50. The van der Waals surface area contributed by atoms with Gasteiger partial charge in [0.2, 0.25) is 10.0 Å². The molecule has 3 rings (SSSR count). The second-order valence-corrected chi connectivity index (χ2v) is 7.55. The average Bonchev–Trinajstić information content (AvgIpc) is 3.26. The summed E-state index contributed by atoms with van der Waals surface area (Å²) >= 11 is 0. The molecular formula is C14H21N3O2S. The third-order valence-electron chi connectivity index (χ3n) is 4.28. The van der Waals surface area contributed by atoms with Crippen LogP contribution >= 0.6 is 0 Å². The van der Waals surface area contributed by atoms with Crippen LogP contribution in [0.4, 0.5) is 5.69 Å². The molecule has 1 aliphatic heterocycles. The summed E-state index contributed by atoms with van der Waals surface area (Å²) < 4.78 is 27.0. The van der Waals surface area contributed by atoms with Gasteiger partial charge in [0.05, 0.1) is 4.90 Å². The summed E-state index contributed by atoms with van der Waals surface area (Å²) in [5.74, 6) is 0. The van der Waals surface area contributed by atoms with E-state index >= 15 is 0 Å². The minimum atomic E-state index is -3.42. The fraction of sp³-hybridized carbons (Fsp3) is 0.571. The zero-order valence-corrected chi connectivity index (χ0v) is 12.6. The molecule has 1 aromatic carbocycles. The number of nitrogens with two attached hydrogens (primary N) is 1. The summed E-state index contributed by atoms with van der Waals surface area (Å²) in [4.78, 5) is 2.75. The summed E-state index contributed by atoms with van der Waals surface area (Å²) in [6, 6.07) is 5.79. The van der Waals surface area contributed by atoms with E-state index in [0.29, 0.717) is 35.3 Å². The molecule has 1 saturated carbocycles. The van der Waals surface area contributed by atoms with Gasteiger partial charge < -0.3 is 5.73 Å². The lowest BCUT2D eigenvalue weighted by molar-refractivity contribution is 0.180. The Labute approximate surface area is 120 Å². The summed E-state index contributed by atoms with van der Waals surface area (Å²) in [5, 5.41) is 0. The lowest BCUT2D eigenvalue weighted by Crippen LogP contribution is -2.49. The van der Waals surface area contributed by atoms with Crippen molar-refractivity contribution >= 4 is 15.7 Å². The summed E-state index contributed by atoms with van der Waals surface area (Å²) in [5.41, 5.74) is 7.01. The molecule has 0 atom stereocenters. The fourth-order valence-electron chi connectivity index (χ4n) is 2.80. The van der Waals surface area contributed by atoms with Gasteiger partial charge in [-0.3, -0.25) is 4.90 Å². The molecule has 0 radical (unpaired) electrons. The Morgan fingerprint density at radius 3 is 2.40 bits per heavy atom. The van der Waals surface area contributed by atoms with Crippen molar-refractivity contribution in [1.29, 1.82) is 0 Å². The van der Waals surface area contributed by atoms with Gasteiger partial charge in [-0.15, -0.1) is 0 Å². The van der Waals surface area contributed by atoms with E-state index in [0.717, 1.165) is 13.1 Å². The van der Waals surface area contributed by atoms with Crippen LogP contribution in [0, 0.1) is 6.92 Å². The Balaban J connectivity index is 1.80. The molecule has 1 aromatic rings. The standard InChI is InChI=1S/C14H21N3O2S/c1-11-13(15)3-2-4-14(11)20(18,19)17-9-7-16(8-10-17)12-5-6-12/h2-4,12H,5-10,15H2,1H3. The number of nitrogens with zero attached hydrogens (tertiary/aromatic N) is 2. The molecule has 0 unspecified atom stereocenters. The van der Waals surface area contributed by atoms with Gasteiger partial charge in [0.1, 0.15) is 0 Å². The van der Waals surface area contributed by atoms with Crippen LogP contribution in [0.15, 0.2) is 23.1 Å². The van der Waals surface area contributed by atoms with E-state index in [2.05, 4.69) is 4.90 Å². The third kappa shape index (κ3) is 2.43. The monoisotopic (exact) mass is 295 g/mol. The molecule has 5 nitrogen and oxygen atoms in total. The van der Waals surface area contributed by atoms with Crippen molar-refractivity contribution in [2.24, 2.45) is 0 Å². The van der Waals surface area contributed by atoms with Gasteiger partial charge in [-0.25, -0.2) is 8.42 Å². The molecule has 0 amide bonds. The molecule has 1 saturated heterocycles. The number of nitrogen functional groups attached to an aromatic ring is 1. The van der Waals surface area contributed by atoms with Crippen molar-refractivity contribution in [2.75, 3.05) is 31.9 Å². The van der Waals surface area contributed by atoms with Crippen LogP contribution in [0.3, 0.4) is 0 Å². The van der Waals surface area contributed by atoms with Crippen molar-refractivity contribution in [2.45, 2.75) is 30.7 Å². The predicted molar refractivity (Wildman–Crippen MR) is 78.9 cm³/mol. The number of sulfonamides is 1. The van der Waals surface area contributed by atoms with Crippen molar-refractivity contribution in [1.82, 2.24) is 9.21 Å². The van der Waals surface area contributed by atoms with Crippen LogP contribution in [-0.4, -0.2) is 49.8 Å². The Kier molecular flexibility index (Phi) is 3.48. The number of benzene rings is 1. The molecule has 0 bridgehead atoms. The lowest BCUT2D eigenvalue weighted by atomic mass is 10.2. The SMILES string of the molecule is Cc1c(N)cccc1S(=O)(=O)N1CCN(C2CC2)CC1. The quantitative estimate of drug-likeness (QED) is 0.846. The van der Waals surface area contributed by atoms with E-state index in [9.17, 15) is 8.42 Å². The summed E-state index contributed by atoms with van der Waals surface area (Å²) in [6.45, 7) is 4.60. The highest BCUT2D eigenvalue weighted by Crippen LogP contribution is 2.29. The van der Waals surface area contributed by atoms with Crippen LogP contribution < -0.4 is 5.73 Å². The Morgan fingerprint density at radius 1 is 1.15 bits per heavy atom. The maximum Gasteiger partial charge on any atom is 0.243 e. The van der Waals surface area contributed by atoms with Crippen LogP contribution in [0.1, 0.15) is 18.4 Å². The van der Waals surface area contributed by atoms with Crippen LogP contribution in [-0.2, 0) is 10.0 Å². The number of piperazine rings is 1. The minimum absolute atomic E-state index is 0.345. The second kappa shape index (κ2) is 5.02. The smallest absolute Gasteiger partial charge is 0.243 e. The molecule has 0 spiro atoms. The zero-order valence-electron chi connectivity index (χ0n) is 11.7. The first-order valence-electron chi connectivity index (χ1n) is 7.09. The average molecular weight is 295 g/mol. The van der Waals surface area contributed by atoms with Gasteiger partial charge in [-0.1, -0.05) is 6.07 Å². The Hall–Kier alpha value is -1.11. The Morgan fingerprint density at radius 2 is 1.80 bits per heavy atom.